The van der Waals surface area contributed by atoms with Crippen molar-refractivity contribution in [1.29, 1.82) is 0 Å². The number of amides is 1. The van der Waals surface area contributed by atoms with Gasteiger partial charge in [0.05, 0.1) is 17.5 Å². The number of rotatable bonds is 4. The SMILES string of the molecule is C[C@H](C(=O)N(C)[C@H]1CCS(=O)(=O)C1)N1CCN(c2nccs2)CC1. The molecule has 0 spiro atoms. The lowest BCUT2D eigenvalue weighted by atomic mass is 10.1. The molecule has 134 valence electrons. The Balaban J connectivity index is 1.55. The fraction of sp³-hybridized carbons (Fsp3) is 0.733. The molecule has 2 aliphatic rings. The van der Waals surface area contributed by atoms with Gasteiger partial charge in [0.1, 0.15) is 0 Å². The van der Waals surface area contributed by atoms with Crippen molar-refractivity contribution >= 4 is 32.2 Å². The maximum absolute atomic E-state index is 12.7. The first-order valence-corrected chi connectivity index (χ1v) is 10.9. The summed E-state index contributed by atoms with van der Waals surface area (Å²) in [6.07, 6.45) is 2.36. The predicted molar refractivity (Wildman–Crippen MR) is 95.2 cm³/mol. The average molecular weight is 373 g/mol. The van der Waals surface area contributed by atoms with Gasteiger partial charge in [-0.15, -0.1) is 11.3 Å². The maximum Gasteiger partial charge on any atom is 0.239 e. The van der Waals surface area contributed by atoms with Crippen LogP contribution in [-0.2, 0) is 14.6 Å². The van der Waals surface area contributed by atoms with Crippen molar-refractivity contribution in [3.8, 4) is 0 Å². The minimum absolute atomic E-state index is 0.0137. The van der Waals surface area contributed by atoms with Crippen LogP contribution in [0.5, 0.6) is 0 Å². The van der Waals surface area contributed by atoms with Gasteiger partial charge in [-0.05, 0) is 13.3 Å². The van der Waals surface area contributed by atoms with E-state index >= 15 is 0 Å². The monoisotopic (exact) mass is 372 g/mol. The van der Waals surface area contributed by atoms with E-state index in [2.05, 4.69) is 14.8 Å². The quantitative estimate of drug-likeness (QED) is 0.757. The lowest BCUT2D eigenvalue weighted by Gasteiger charge is -2.39. The predicted octanol–water partition coefficient (Wildman–Crippen LogP) is 0.299. The van der Waals surface area contributed by atoms with Crippen LogP contribution in [0.15, 0.2) is 11.6 Å². The van der Waals surface area contributed by atoms with E-state index in [4.69, 9.17) is 0 Å². The van der Waals surface area contributed by atoms with E-state index in [1.165, 1.54) is 0 Å². The van der Waals surface area contributed by atoms with Crippen LogP contribution >= 0.6 is 11.3 Å². The number of anilines is 1. The van der Waals surface area contributed by atoms with Crippen LogP contribution in [-0.4, -0.2) is 85.9 Å². The summed E-state index contributed by atoms with van der Waals surface area (Å²) in [5, 5.41) is 3.00. The topological polar surface area (TPSA) is 73.8 Å². The van der Waals surface area contributed by atoms with Crippen molar-refractivity contribution in [3.05, 3.63) is 11.6 Å². The molecule has 0 bridgehead atoms. The maximum atomic E-state index is 12.7. The Bertz CT molecular complexity index is 669. The standard InChI is InChI=1S/C15H24N4O3S2/c1-12(14(20)17(2)13-3-10-24(21,22)11-13)18-5-7-19(8-6-18)15-16-4-9-23-15/h4,9,12-13H,3,5-8,10-11H2,1-2H3/t12-,13+/m1/s1. The highest BCUT2D eigenvalue weighted by atomic mass is 32.2. The zero-order valence-electron chi connectivity index (χ0n) is 14.1. The minimum atomic E-state index is -2.98. The summed E-state index contributed by atoms with van der Waals surface area (Å²) in [4.78, 5) is 23.1. The van der Waals surface area contributed by atoms with Crippen LogP contribution in [0.1, 0.15) is 13.3 Å². The molecule has 0 aliphatic carbocycles. The first-order valence-electron chi connectivity index (χ1n) is 8.23. The summed E-state index contributed by atoms with van der Waals surface area (Å²) in [5.74, 6) is 0.301. The van der Waals surface area contributed by atoms with Gasteiger partial charge in [-0.2, -0.15) is 0 Å². The minimum Gasteiger partial charge on any atom is -0.346 e. The highest BCUT2D eigenvalue weighted by Crippen LogP contribution is 2.21. The number of likely N-dealkylation sites (N-methyl/N-ethyl adjacent to an activating group) is 1. The number of carbonyl (C=O) groups excluding carboxylic acids is 1. The van der Waals surface area contributed by atoms with E-state index in [1.54, 1.807) is 23.3 Å². The number of hydrogen-bond acceptors (Lipinski definition) is 7. The van der Waals surface area contributed by atoms with Gasteiger partial charge in [-0.3, -0.25) is 9.69 Å². The molecular weight excluding hydrogens is 348 g/mol. The summed E-state index contributed by atoms with van der Waals surface area (Å²) in [7, 11) is -1.24. The number of piperazine rings is 1. The Hall–Kier alpha value is -1.19. The molecule has 2 fully saturated rings. The Morgan fingerprint density at radius 1 is 1.38 bits per heavy atom. The van der Waals surface area contributed by atoms with E-state index in [1.807, 2.05) is 18.5 Å². The third-order valence-electron chi connectivity index (χ3n) is 5.01. The van der Waals surface area contributed by atoms with Gasteiger partial charge in [-0.1, -0.05) is 0 Å². The van der Waals surface area contributed by atoms with E-state index in [9.17, 15) is 13.2 Å². The molecule has 1 aromatic rings. The number of nitrogens with zero attached hydrogens (tertiary/aromatic N) is 4. The largest absolute Gasteiger partial charge is 0.346 e. The Kier molecular flexibility index (Phi) is 5.12. The Morgan fingerprint density at radius 2 is 2.08 bits per heavy atom. The normalized spacial score (nSPS) is 25.6. The van der Waals surface area contributed by atoms with E-state index in [-0.39, 0.29) is 29.5 Å². The number of sulfone groups is 1. The molecule has 24 heavy (non-hydrogen) atoms. The van der Waals surface area contributed by atoms with Gasteiger partial charge in [-0.25, -0.2) is 13.4 Å². The van der Waals surface area contributed by atoms with Crippen molar-refractivity contribution in [2.45, 2.75) is 25.4 Å². The van der Waals surface area contributed by atoms with Crippen molar-refractivity contribution in [2.24, 2.45) is 0 Å². The van der Waals surface area contributed by atoms with Crippen LogP contribution < -0.4 is 4.90 Å². The molecule has 9 heteroatoms. The molecule has 0 aromatic carbocycles. The molecule has 0 radical (unpaired) electrons. The zero-order chi connectivity index (χ0) is 17.3. The number of carbonyl (C=O) groups is 1. The summed E-state index contributed by atoms with van der Waals surface area (Å²) < 4.78 is 23.3. The van der Waals surface area contributed by atoms with Crippen molar-refractivity contribution in [1.82, 2.24) is 14.8 Å². The molecule has 3 rings (SSSR count). The van der Waals surface area contributed by atoms with Crippen molar-refractivity contribution < 1.29 is 13.2 Å². The molecule has 0 saturated carbocycles. The van der Waals surface area contributed by atoms with Crippen LogP contribution in [0.3, 0.4) is 0 Å². The highest BCUT2D eigenvalue weighted by molar-refractivity contribution is 7.91. The summed E-state index contributed by atoms with van der Waals surface area (Å²) in [6, 6.07) is -0.404. The zero-order valence-corrected chi connectivity index (χ0v) is 15.7. The number of aromatic nitrogens is 1. The molecular formula is C15H24N4O3S2. The fourth-order valence-electron chi connectivity index (χ4n) is 3.38. The number of hydrogen-bond donors (Lipinski definition) is 0. The average Bonchev–Trinajstić information content (AvgIpc) is 3.22. The van der Waals surface area contributed by atoms with E-state index in [0.717, 1.165) is 31.3 Å². The van der Waals surface area contributed by atoms with E-state index < -0.39 is 9.84 Å². The third kappa shape index (κ3) is 3.73. The fourth-order valence-corrected chi connectivity index (χ4v) is 5.86. The molecule has 2 saturated heterocycles. The van der Waals surface area contributed by atoms with Gasteiger partial charge in [0.2, 0.25) is 5.91 Å². The second-order valence-corrected chi connectivity index (χ2v) is 9.62. The smallest absolute Gasteiger partial charge is 0.239 e. The first kappa shape index (κ1) is 17.6. The van der Waals surface area contributed by atoms with Crippen LogP contribution in [0.4, 0.5) is 5.13 Å². The lowest BCUT2D eigenvalue weighted by molar-refractivity contribution is -0.136. The molecule has 1 aromatic heterocycles. The Labute approximate surface area is 147 Å². The molecule has 7 nitrogen and oxygen atoms in total. The Morgan fingerprint density at radius 3 is 2.62 bits per heavy atom. The van der Waals surface area contributed by atoms with Gasteiger partial charge < -0.3 is 9.80 Å². The van der Waals surface area contributed by atoms with Gasteiger partial charge in [0.25, 0.3) is 0 Å². The second-order valence-electron chi connectivity index (χ2n) is 6.52. The molecule has 2 aliphatic heterocycles. The third-order valence-corrected chi connectivity index (χ3v) is 7.60. The summed E-state index contributed by atoms with van der Waals surface area (Å²) in [6.45, 7) is 5.24. The van der Waals surface area contributed by atoms with Crippen molar-refractivity contribution in [3.63, 3.8) is 0 Å². The van der Waals surface area contributed by atoms with Gasteiger partial charge in [0, 0.05) is 50.8 Å². The number of thiazole rings is 1. The molecule has 2 atom stereocenters. The highest BCUT2D eigenvalue weighted by Gasteiger charge is 2.36. The second kappa shape index (κ2) is 6.97. The van der Waals surface area contributed by atoms with Crippen molar-refractivity contribution in [2.75, 3.05) is 49.6 Å². The molecule has 3 heterocycles. The first-order chi connectivity index (χ1) is 11.4. The molecule has 0 unspecified atom stereocenters. The summed E-state index contributed by atoms with van der Waals surface area (Å²) >= 11 is 1.63. The van der Waals surface area contributed by atoms with Gasteiger partial charge >= 0.3 is 0 Å². The van der Waals surface area contributed by atoms with E-state index in [0.29, 0.717) is 6.42 Å². The van der Waals surface area contributed by atoms with Gasteiger partial charge in [0.15, 0.2) is 15.0 Å². The van der Waals surface area contributed by atoms with Crippen LogP contribution in [0.2, 0.25) is 0 Å². The summed E-state index contributed by atoms with van der Waals surface area (Å²) in [5.41, 5.74) is 0. The van der Waals surface area contributed by atoms with Crippen LogP contribution in [0.25, 0.3) is 0 Å². The van der Waals surface area contributed by atoms with Crippen LogP contribution in [0, 0.1) is 0 Å². The lowest BCUT2D eigenvalue weighted by Crippen LogP contribution is -2.55. The molecule has 1 amide bonds. The molecule has 0 N–H and O–H groups in total.